The maximum atomic E-state index is 14.3. The largest absolute Gasteiger partial charge is 0.494 e. The average molecular weight is 433 g/mol. The van der Waals surface area contributed by atoms with Gasteiger partial charge in [-0.15, -0.1) is 0 Å². The van der Waals surface area contributed by atoms with E-state index < -0.39 is 17.7 Å². The Bertz CT molecular complexity index is 1400. The summed E-state index contributed by atoms with van der Waals surface area (Å²) in [5.74, 6) is -2.69. The van der Waals surface area contributed by atoms with Crippen molar-refractivity contribution in [3.8, 4) is 5.75 Å². The number of carbonyl (C=O) groups excluding carboxylic acids is 1. The number of aromatic nitrogens is 2. The van der Waals surface area contributed by atoms with Gasteiger partial charge in [0.1, 0.15) is 0 Å². The second kappa shape index (κ2) is 7.64. The second-order valence-corrected chi connectivity index (χ2v) is 7.83. The number of pyridine rings is 1. The van der Waals surface area contributed by atoms with Crippen LogP contribution >= 0.6 is 0 Å². The summed E-state index contributed by atoms with van der Waals surface area (Å²) >= 11 is 0. The molecule has 4 aromatic rings. The number of para-hydroxylation sites is 1. The van der Waals surface area contributed by atoms with Crippen molar-refractivity contribution in [1.82, 2.24) is 14.9 Å². The normalized spacial score (nSPS) is 13.4. The van der Waals surface area contributed by atoms with Crippen LogP contribution in [-0.2, 0) is 29.0 Å². The van der Waals surface area contributed by atoms with E-state index in [4.69, 9.17) is 14.8 Å². The van der Waals surface area contributed by atoms with Crippen molar-refractivity contribution in [2.45, 2.75) is 19.4 Å². The molecule has 0 spiro atoms. The molecule has 1 amide bonds. The molecular formula is C24H20FN3O4. The molecule has 8 heteroatoms. The number of aliphatic carboxylic acids is 1. The molecule has 1 aliphatic heterocycles. The number of methoxy groups -OCH3 is 1. The zero-order chi connectivity index (χ0) is 22.4. The number of hydrogen-bond acceptors (Lipinski definition) is 4. The van der Waals surface area contributed by atoms with Gasteiger partial charge in [-0.1, -0.05) is 24.3 Å². The average Bonchev–Trinajstić information content (AvgIpc) is 3.18. The van der Waals surface area contributed by atoms with E-state index in [1.165, 1.54) is 18.1 Å². The molecule has 162 valence electrons. The lowest BCUT2D eigenvalue weighted by Crippen LogP contribution is -2.40. The lowest BCUT2D eigenvalue weighted by Gasteiger charge is -2.28. The van der Waals surface area contributed by atoms with Crippen LogP contribution < -0.4 is 4.74 Å². The minimum atomic E-state index is -1.48. The van der Waals surface area contributed by atoms with E-state index in [1.54, 1.807) is 12.1 Å². The number of carboxylic acid groups (broad SMARTS) is 1. The monoisotopic (exact) mass is 433 g/mol. The zero-order valence-electron chi connectivity index (χ0n) is 17.3. The zero-order valence-corrected chi connectivity index (χ0v) is 17.3. The number of rotatable bonds is 3. The fourth-order valence-electron chi connectivity index (χ4n) is 4.46. The first-order valence-electron chi connectivity index (χ1n) is 10.2. The van der Waals surface area contributed by atoms with Crippen LogP contribution in [0.5, 0.6) is 5.75 Å². The maximum Gasteiger partial charge on any atom is 0.394 e. The third-order valence-electron chi connectivity index (χ3n) is 5.94. The Morgan fingerprint density at radius 2 is 2.06 bits per heavy atom. The maximum absolute atomic E-state index is 14.3. The van der Waals surface area contributed by atoms with Crippen molar-refractivity contribution >= 4 is 33.7 Å². The van der Waals surface area contributed by atoms with Crippen molar-refractivity contribution in [2.75, 3.05) is 13.7 Å². The number of ether oxygens (including phenoxy) is 1. The van der Waals surface area contributed by atoms with E-state index in [9.17, 15) is 14.0 Å². The van der Waals surface area contributed by atoms with Gasteiger partial charge >= 0.3 is 11.9 Å². The highest BCUT2D eigenvalue weighted by atomic mass is 19.1. The fraction of sp³-hybridized carbons (Fsp3) is 0.208. The predicted molar refractivity (Wildman–Crippen MR) is 116 cm³/mol. The molecule has 0 saturated heterocycles. The Labute approximate surface area is 182 Å². The van der Waals surface area contributed by atoms with Gasteiger partial charge in [-0.3, -0.25) is 9.78 Å². The molecule has 0 fully saturated rings. The number of carbonyl (C=O) groups is 2. The van der Waals surface area contributed by atoms with Gasteiger partial charge in [0.15, 0.2) is 11.6 Å². The molecule has 3 heterocycles. The minimum absolute atomic E-state index is 0.125. The first kappa shape index (κ1) is 20.0. The number of aromatic amines is 1. The molecule has 2 aromatic heterocycles. The smallest absolute Gasteiger partial charge is 0.394 e. The molecule has 2 N–H and O–H groups in total. The highest BCUT2D eigenvalue weighted by Gasteiger charge is 2.29. The van der Waals surface area contributed by atoms with Crippen LogP contribution in [0.1, 0.15) is 22.5 Å². The molecule has 5 rings (SSSR count). The lowest BCUT2D eigenvalue weighted by molar-refractivity contribution is -0.156. The van der Waals surface area contributed by atoms with E-state index in [0.717, 1.165) is 32.9 Å². The van der Waals surface area contributed by atoms with Gasteiger partial charge < -0.3 is 19.7 Å². The number of fused-ring (bicyclic) bond motifs is 5. The van der Waals surface area contributed by atoms with E-state index in [0.29, 0.717) is 30.8 Å². The summed E-state index contributed by atoms with van der Waals surface area (Å²) in [6.45, 7) is 0.442. The number of H-pyrrole nitrogens is 1. The molecule has 0 atom stereocenters. The number of amides is 1. The summed E-state index contributed by atoms with van der Waals surface area (Å²) in [6, 6.07) is 12.7. The van der Waals surface area contributed by atoms with Crippen LogP contribution in [0.3, 0.4) is 0 Å². The van der Waals surface area contributed by atoms with Crippen molar-refractivity contribution in [3.05, 3.63) is 70.8 Å². The molecule has 32 heavy (non-hydrogen) atoms. The molecule has 0 bridgehead atoms. The standard InChI is InChI=1S/C24H20FN3O4/c1-32-20-7-6-13(10-16(20)25)11-18-22-21(14-4-2-3-5-17(14)27-22)15-8-9-28(12-19(15)26-18)23(29)24(30)31/h2-7,10,27H,8-9,11-12H2,1H3,(H,30,31). The van der Waals surface area contributed by atoms with Crippen LogP contribution in [0.25, 0.3) is 21.8 Å². The van der Waals surface area contributed by atoms with Crippen LogP contribution in [0.15, 0.2) is 42.5 Å². The van der Waals surface area contributed by atoms with Gasteiger partial charge in [0, 0.05) is 29.3 Å². The predicted octanol–water partition coefficient (Wildman–Crippen LogP) is 3.42. The number of nitrogens with zero attached hydrogens (tertiary/aromatic N) is 2. The van der Waals surface area contributed by atoms with Crippen molar-refractivity contribution in [1.29, 1.82) is 0 Å². The molecule has 0 unspecified atom stereocenters. The fourth-order valence-corrected chi connectivity index (χ4v) is 4.46. The highest BCUT2D eigenvalue weighted by molar-refractivity contribution is 6.31. The summed E-state index contributed by atoms with van der Waals surface area (Å²) in [7, 11) is 1.42. The van der Waals surface area contributed by atoms with E-state index in [-0.39, 0.29) is 12.3 Å². The SMILES string of the molecule is COc1ccc(Cc2nc3c(c4c2[nH]c2ccccc24)CCN(C(=O)C(=O)O)C3)cc1F. The number of halogens is 1. The number of hydrogen-bond donors (Lipinski definition) is 2. The van der Waals surface area contributed by atoms with Crippen LogP contribution in [0.2, 0.25) is 0 Å². The second-order valence-electron chi connectivity index (χ2n) is 7.83. The van der Waals surface area contributed by atoms with Gasteiger partial charge in [-0.25, -0.2) is 9.18 Å². The van der Waals surface area contributed by atoms with Crippen molar-refractivity contribution in [2.24, 2.45) is 0 Å². The first-order chi connectivity index (χ1) is 15.5. The Morgan fingerprint density at radius 1 is 1.25 bits per heavy atom. The van der Waals surface area contributed by atoms with Gasteiger partial charge in [0.05, 0.1) is 30.6 Å². The summed E-state index contributed by atoms with van der Waals surface area (Å²) in [5, 5.41) is 11.2. The molecule has 0 saturated carbocycles. The molecule has 1 aliphatic rings. The van der Waals surface area contributed by atoms with Crippen LogP contribution in [0.4, 0.5) is 4.39 Å². The quantitative estimate of drug-likeness (QED) is 0.483. The third-order valence-corrected chi connectivity index (χ3v) is 5.94. The van der Waals surface area contributed by atoms with Crippen LogP contribution in [-0.4, -0.2) is 45.5 Å². The van der Waals surface area contributed by atoms with Crippen molar-refractivity contribution < 1.29 is 23.8 Å². The van der Waals surface area contributed by atoms with E-state index >= 15 is 0 Å². The topological polar surface area (TPSA) is 95.5 Å². The van der Waals surface area contributed by atoms with E-state index in [1.807, 2.05) is 24.3 Å². The highest BCUT2D eigenvalue weighted by Crippen LogP contribution is 2.35. The summed E-state index contributed by atoms with van der Waals surface area (Å²) in [4.78, 5) is 32.8. The minimum Gasteiger partial charge on any atom is -0.494 e. The van der Waals surface area contributed by atoms with Crippen molar-refractivity contribution in [3.63, 3.8) is 0 Å². The van der Waals surface area contributed by atoms with E-state index in [2.05, 4.69) is 4.98 Å². The molecule has 7 nitrogen and oxygen atoms in total. The molecule has 0 radical (unpaired) electrons. The number of nitrogens with one attached hydrogen (secondary N) is 1. The summed E-state index contributed by atoms with van der Waals surface area (Å²) < 4.78 is 19.3. The molecular weight excluding hydrogens is 413 g/mol. The molecule has 2 aromatic carbocycles. The first-order valence-corrected chi connectivity index (χ1v) is 10.2. The third kappa shape index (κ3) is 3.24. The lowest BCUT2D eigenvalue weighted by atomic mass is 9.96. The van der Waals surface area contributed by atoms with Crippen LogP contribution in [0, 0.1) is 5.82 Å². The molecule has 0 aliphatic carbocycles. The number of carboxylic acids is 1. The van der Waals surface area contributed by atoms with Gasteiger partial charge in [-0.2, -0.15) is 0 Å². The Balaban J connectivity index is 1.66. The Morgan fingerprint density at radius 3 is 2.81 bits per heavy atom. The summed E-state index contributed by atoms with van der Waals surface area (Å²) in [6.07, 6.45) is 0.877. The van der Waals surface area contributed by atoms with Gasteiger partial charge in [0.25, 0.3) is 0 Å². The number of benzene rings is 2. The Hall–Kier alpha value is -3.94. The van der Waals surface area contributed by atoms with Gasteiger partial charge in [-0.05, 0) is 35.7 Å². The Kier molecular flexibility index (Phi) is 4.77. The summed E-state index contributed by atoms with van der Waals surface area (Å²) in [5.41, 5.74) is 4.96. The van der Waals surface area contributed by atoms with Gasteiger partial charge in [0.2, 0.25) is 0 Å².